The fraction of sp³-hybridized carbons (Fsp3) is 0.160. The van der Waals surface area contributed by atoms with E-state index in [1.54, 1.807) is 29.2 Å². The van der Waals surface area contributed by atoms with Crippen LogP contribution in [0.1, 0.15) is 27.2 Å². The first kappa shape index (κ1) is 19.8. The van der Waals surface area contributed by atoms with Gasteiger partial charge in [0.15, 0.2) is 0 Å². The van der Waals surface area contributed by atoms with Gasteiger partial charge in [0.25, 0.3) is 5.91 Å². The first-order chi connectivity index (χ1) is 15.6. The average molecular weight is 425 g/mol. The highest BCUT2D eigenvalue weighted by Crippen LogP contribution is 2.30. The molecule has 2 amide bonds. The largest absolute Gasteiger partial charge is 0.343 e. The molecule has 4 aromatic rings. The Morgan fingerprint density at radius 3 is 2.50 bits per heavy atom. The number of rotatable bonds is 5. The molecule has 0 fully saturated rings. The molecule has 0 unspecified atom stereocenters. The third-order valence-electron chi connectivity index (χ3n) is 5.61. The third kappa shape index (κ3) is 3.69. The second kappa shape index (κ2) is 8.19. The number of carbonyl (C=O) groups excluding carboxylic acids is 2. The van der Waals surface area contributed by atoms with Crippen LogP contribution in [0.25, 0.3) is 11.5 Å². The minimum Gasteiger partial charge on any atom is -0.343 e. The first-order valence-electron chi connectivity index (χ1n) is 10.5. The van der Waals surface area contributed by atoms with Gasteiger partial charge in [-0.2, -0.15) is 5.10 Å². The van der Waals surface area contributed by atoms with Crippen molar-refractivity contribution >= 4 is 11.8 Å². The van der Waals surface area contributed by atoms with Gasteiger partial charge in [-0.15, -0.1) is 0 Å². The molecule has 0 saturated carbocycles. The van der Waals surface area contributed by atoms with Crippen molar-refractivity contribution in [3.8, 4) is 11.5 Å². The Bertz CT molecular complexity index is 1280. The molecule has 0 spiro atoms. The fourth-order valence-corrected chi connectivity index (χ4v) is 4.02. The van der Waals surface area contributed by atoms with E-state index in [1.807, 2.05) is 52.0 Å². The summed E-state index contributed by atoms with van der Waals surface area (Å²) in [6, 6.07) is 21.0. The lowest BCUT2D eigenvalue weighted by Crippen LogP contribution is -2.37. The van der Waals surface area contributed by atoms with Crippen LogP contribution in [0.3, 0.4) is 0 Å². The van der Waals surface area contributed by atoms with Gasteiger partial charge in [-0.3, -0.25) is 9.59 Å². The molecule has 1 aliphatic heterocycles. The van der Waals surface area contributed by atoms with E-state index in [0.29, 0.717) is 18.7 Å². The van der Waals surface area contributed by atoms with Crippen molar-refractivity contribution in [1.82, 2.24) is 24.6 Å². The van der Waals surface area contributed by atoms with Crippen LogP contribution in [0.15, 0.2) is 79.1 Å². The predicted octanol–water partition coefficient (Wildman–Crippen LogP) is 3.24. The molecule has 3 heterocycles. The normalized spacial score (nSPS) is 12.6. The molecule has 160 valence electrons. The van der Waals surface area contributed by atoms with Gasteiger partial charge in [0, 0.05) is 23.5 Å². The van der Waals surface area contributed by atoms with Gasteiger partial charge in [-0.05, 0) is 48.9 Å². The van der Waals surface area contributed by atoms with Crippen molar-refractivity contribution in [1.29, 1.82) is 0 Å². The van der Waals surface area contributed by atoms with Gasteiger partial charge in [0.05, 0.1) is 31.0 Å². The average Bonchev–Trinajstić information content (AvgIpc) is 3.54. The van der Waals surface area contributed by atoms with Crippen molar-refractivity contribution in [3.05, 3.63) is 102 Å². The Balaban J connectivity index is 1.36. The highest BCUT2D eigenvalue weighted by atomic mass is 16.2. The molecule has 0 radical (unpaired) electrons. The van der Waals surface area contributed by atoms with E-state index in [2.05, 4.69) is 24.4 Å². The maximum Gasteiger partial charge on any atom is 0.251 e. The van der Waals surface area contributed by atoms with E-state index in [9.17, 15) is 9.59 Å². The maximum absolute atomic E-state index is 12.8. The Kier molecular flexibility index (Phi) is 5.07. The van der Waals surface area contributed by atoms with Crippen molar-refractivity contribution in [2.75, 3.05) is 6.54 Å². The van der Waals surface area contributed by atoms with Gasteiger partial charge in [-0.1, -0.05) is 30.3 Å². The van der Waals surface area contributed by atoms with Crippen LogP contribution in [0.2, 0.25) is 0 Å². The molecular weight excluding hydrogens is 402 g/mol. The Morgan fingerprint density at radius 1 is 0.969 bits per heavy atom. The summed E-state index contributed by atoms with van der Waals surface area (Å²) in [6.07, 6.45) is 3.96. The van der Waals surface area contributed by atoms with Gasteiger partial charge < -0.3 is 14.8 Å². The summed E-state index contributed by atoms with van der Waals surface area (Å²) in [4.78, 5) is 26.8. The van der Waals surface area contributed by atoms with Crippen LogP contribution in [-0.2, 0) is 17.9 Å². The maximum atomic E-state index is 12.8. The second-order valence-corrected chi connectivity index (χ2v) is 7.89. The van der Waals surface area contributed by atoms with E-state index >= 15 is 0 Å². The lowest BCUT2D eigenvalue weighted by atomic mass is 10.2. The number of nitrogens with one attached hydrogen (secondary N) is 1. The zero-order valence-electron chi connectivity index (χ0n) is 17.7. The fourth-order valence-electron chi connectivity index (χ4n) is 4.02. The number of aryl methyl sites for hydroxylation is 1. The van der Waals surface area contributed by atoms with Crippen LogP contribution in [-0.4, -0.2) is 37.6 Å². The number of amides is 2. The molecular formula is C25H23N5O2. The standard InChI is InChI=1S/C25H23N5O2/c1-18-8-7-11-20(14-18)30-25(28-12-5-6-13-28)21-16-29(17-22(21)27-30)23(31)15-26-24(32)19-9-3-2-4-10-19/h2-14H,15-17H2,1H3,(H,26,32). The summed E-state index contributed by atoms with van der Waals surface area (Å²) in [7, 11) is 0. The van der Waals surface area contributed by atoms with E-state index in [4.69, 9.17) is 5.10 Å². The number of hydrogen-bond acceptors (Lipinski definition) is 3. The van der Waals surface area contributed by atoms with Crippen LogP contribution in [0, 0.1) is 6.92 Å². The monoisotopic (exact) mass is 425 g/mol. The van der Waals surface area contributed by atoms with E-state index < -0.39 is 0 Å². The van der Waals surface area contributed by atoms with Crippen LogP contribution in [0.5, 0.6) is 0 Å². The van der Waals surface area contributed by atoms with E-state index in [0.717, 1.165) is 28.3 Å². The highest BCUT2D eigenvalue weighted by molar-refractivity contribution is 5.96. The zero-order chi connectivity index (χ0) is 22.1. The minimum absolute atomic E-state index is 0.0469. The van der Waals surface area contributed by atoms with Crippen molar-refractivity contribution in [2.45, 2.75) is 20.0 Å². The SMILES string of the molecule is Cc1cccc(-n2nc3c(c2-n2cccc2)CN(C(=O)CNC(=O)c2ccccc2)C3)c1. The van der Waals surface area contributed by atoms with Crippen molar-refractivity contribution in [2.24, 2.45) is 0 Å². The third-order valence-corrected chi connectivity index (χ3v) is 5.61. The molecule has 7 heteroatoms. The van der Waals surface area contributed by atoms with Gasteiger partial charge >= 0.3 is 0 Å². The topological polar surface area (TPSA) is 72.2 Å². The summed E-state index contributed by atoms with van der Waals surface area (Å²) >= 11 is 0. The molecule has 32 heavy (non-hydrogen) atoms. The molecule has 0 bridgehead atoms. The summed E-state index contributed by atoms with van der Waals surface area (Å²) in [5, 5.41) is 7.57. The van der Waals surface area contributed by atoms with Gasteiger partial charge in [-0.25, -0.2) is 4.68 Å². The number of nitrogens with zero attached hydrogens (tertiary/aromatic N) is 4. The lowest BCUT2D eigenvalue weighted by Gasteiger charge is -2.18. The molecule has 0 aliphatic carbocycles. The predicted molar refractivity (Wildman–Crippen MR) is 121 cm³/mol. The number of aromatic nitrogens is 3. The Hall–Kier alpha value is -4.13. The van der Waals surface area contributed by atoms with Gasteiger partial charge in [0.1, 0.15) is 5.82 Å². The second-order valence-electron chi connectivity index (χ2n) is 7.89. The summed E-state index contributed by atoms with van der Waals surface area (Å²) in [5.41, 5.74) is 4.57. The van der Waals surface area contributed by atoms with Crippen molar-refractivity contribution < 1.29 is 9.59 Å². The van der Waals surface area contributed by atoms with E-state index in [-0.39, 0.29) is 18.4 Å². The molecule has 0 saturated heterocycles. The molecule has 2 aromatic carbocycles. The van der Waals surface area contributed by atoms with Crippen molar-refractivity contribution in [3.63, 3.8) is 0 Å². The number of benzene rings is 2. The smallest absolute Gasteiger partial charge is 0.251 e. The minimum atomic E-state index is -0.256. The highest BCUT2D eigenvalue weighted by Gasteiger charge is 2.31. The first-order valence-corrected chi connectivity index (χ1v) is 10.5. The molecule has 1 aliphatic rings. The van der Waals surface area contributed by atoms with Crippen LogP contribution >= 0.6 is 0 Å². The summed E-state index contributed by atoms with van der Waals surface area (Å²) < 4.78 is 3.97. The lowest BCUT2D eigenvalue weighted by molar-refractivity contribution is -0.130. The molecule has 5 rings (SSSR count). The summed E-state index contributed by atoms with van der Waals surface area (Å²) in [5.74, 6) is 0.542. The quantitative estimate of drug-likeness (QED) is 0.534. The number of fused-ring (bicyclic) bond motifs is 1. The van der Waals surface area contributed by atoms with Gasteiger partial charge in [0.2, 0.25) is 5.91 Å². The summed E-state index contributed by atoms with van der Waals surface area (Å²) in [6.45, 7) is 2.88. The Labute approximate surface area is 185 Å². The zero-order valence-corrected chi connectivity index (χ0v) is 17.7. The van der Waals surface area contributed by atoms with Crippen LogP contribution in [0.4, 0.5) is 0 Å². The van der Waals surface area contributed by atoms with E-state index in [1.165, 1.54) is 0 Å². The molecule has 0 atom stereocenters. The molecule has 7 nitrogen and oxygen atoms in total. The van der Waals surface area contributed by atoms with Crippen LogP contribution < -0.4 is 5.32 Å². The number of hydrogen-bond donors (Lipinski definition) is 1. The molecule has 2 aromatic heterocycles. The number of carbonyl (C=O) groups is 2. The molecule has 1 N–H and O–H groups in total. The Morgan fingerprint density at radius 2 is 1.75 bits per heavy atom.